The number of benzene rings is 3. The molecule has 2 N–H and O–H groups in total. The lowest BCUT2D eigenvalue weighted by atomic mass is 9.85. The second kappa shape index (κ2) is 8.74. The van der Waals surface area contributed by atoms with Gasteiger partial charge in [0, 0.05) is 23.2 Å². The van der Waals surface area contributed by atoms with Gasteiger partial charge >= 0.3 is 5.97 Å². The Morgan fingerprint density at radius 3 is 1.83 bits per heavy atom. The number of carboxylic acids is 1. The van der Waals surface area contributed by atoms with Gasteiger partial charge in [-0.05, 0) is 49.2 Å². The number of aliphatic carboxylic acids is 1. The lowest BCUT2D eigenvalue weighted by molar-refractivity contribution is -0.146. The molecular formula is C25H23NO4. The number of hydrogen-bond acceptors (Lipinski definition) is 3. The molecule has 0 spiro atoms. The molecular weight excluding hydrogens is 378 g/mol. The van der Waals surface area contributed by atoms with Gasteiger partial charge in [0.25, 0.3) is 5.91 Å². The minimum Gasteiger partial charge on any atom is -0.481 e. The summed E-state index contributed by atoms with van der Waals surface area (Å²) in [6, 6.07) is 23.5. The van der Waals surface area contributed by atoms with Crippen LogP contribution in [0, 0.1) is 5.41 Å². The van der Waals surface area contributed by atoms with Crippen molar-refractivity contribution in [1.29, 1.82) is 0 Å². The highest BCUT2D eigenvalue weighted by atomic mass is 16.4. The number of ketones is 1. The molecule has 0 aliphatic carbocycles. The van der Waals surface area contributed by atoms with Crippen LogP contribution in [0.1, 0.15) is 41.0 Å². The van der Waals surface area contributed by atoms with Crippen LogP contribution in [0.3, 0.4) is 0 Å². The van der Waals surface area contributed by atoms with Gasteiger partial charge in [-0.3, -0.25) is 14.4 Å². The number of nitrogens with one attached hydrogen (secondary N) is 1. The number of carboxylic acid groups (broad SMARTS) is 1. The van der Waals surface area contributed by atoms with Crippen molar-refractivity contribution in [2.75, 3.05) is 5.32 Å². The van der Waals surface area contributed by atoms with E-state index in [9.17, 15) is 19.5 Å². The highest BCUT2D eigenvalue weighted by molar-refractivity contribution is 6.04. The zero-order valence-corrected chi connectivity index (χ0v) is 16.9. The molecule has 3 aromatic carbocycles. The van der Waals surface area contributed by atoms with E-state index in [1.54, 1.807) is 38.1 Å². The minimum atomic E-state index is -1.10. The predicted octanol–water partition coefficient (Wildman–Crippen LogP) is 5.29. The summed E-state index contributed by atoms with van der Waals surface area (Å²) in [5.41, 5.74) is 2.53. The normalized spacial score (nSPS) is 11.0. The molecule has 1 amide bonds. The van der Waals surface area contributed by atoms with Crippen molar-refractivity contribution in [2.24, 2.45) is 5.41 Å². The molecule has 0 saturated carbocycles. The molecule has 5 nitrogen and oxygen atoms in total. The highest BCUT2D eigenvalue weighted by Gasteiger charge is 2.30. The zero-order chi connectivity index (χ0) is 21.7. The quantitative estimate of drug-likeness (QED) is 0.527. The predicted molar refractivity (Wildman–Crippen MR) is 117 cm³/mol. The number of anilines is 1. The van der Waals surface area contributed by atoms with Crippen LogP contribution in [-0.4, -0.2) is 22.8 Å². The molecule has 0 atom stereocenters. The number of hydrogen-bond donors (Lipinski definition) is 2. The molecule has 3 aromatic rings. The van der Waals surface area contributed by atoms with Gasteiger partial charge in [0.05, 0.1) is 5.41 Å². The third-order valence-electron chi connectivity index (χ3n) is 4.90. The fourth-order valence-corrected chi connectivity index (χ4v) is 2.97. The molecule has 30 heavy (non-hydrogen) atoms. The summed E-state index contributed by atoms with van der Waals surface area (Å²) < 4.78 is 0. The molecule has 0 saturated heterocycles. The van der Waals surface area contributed by atoms with Crippen LogP contribution in [0.5, 0.6) is 0 Å². The van der Waals surface area contributed by atoms with Gasteiger partial charge in [-0.15, -0.1) is 0 Å². The summed E-state index contributed by atoms with van der Waals surface area (Å²) in [5, 5.41) is 12.1. The standard InChI is InChI=1S/C25H23NO4/c1-25(2,24(29)30)16-22(27)19-10-8-17(9-11-19)18-12-14-21(15-13-18)26-23(28)20-6-4-3-5-7-20/h3-15H,16H2,1-2H3,(H,26,28)(H,29,30). The van der Waals surface area contributed by atoms with Crippen molar-refractivity contribution < 1.29 is 19.5 Å². The maximum absolute atomic E-state index is 12.4. The fraction of sp³-hybridized carbons (Fsp3) is 0.160. The first kappa shape index (κ1) is 21.0. The molecule has 0 radical (unpaired) electrons. The van der Waals surface area contributed by atoms with E-state index >= 15 is 0 Å². The van der Waals surface area contributed by atoms with E-state index in [0.29, 0.717) is 16.8 Å². The number of carbonyl (C=O) groups excluding carboxylic acids is 2. The van der Waals surface area contributed by atoms with Crippen LogP contribution < -0.4 is 5.32 Å². The van der Waals surface area contributed by atoms with E-state index < -0.39 is 11.4 Å². The number of rotatable bonds is 7. The van der Waals surface area contributed by atoms with E-state index in [1.807, 2.05) is 54.6 Å². The summed E-state index contributed by atoms with van der Waals surface area (Å²) >= 11 is 0. The first-order chi connectivity index (χ1) is 14.3. The van der Waals surface area contributed by atoms with Gasteiger partial charge in [0.1, 0.15) is 0 Å². The lowest BCUT2D eigenvalue weighted by Crippen LogP contribution is -2.26. The molecule has 0 aliphatic rings. The molecule has 0 aromatic heterocycles. The maximum Gasteiger partial charge on any atom is 0.309 e. The van der Waals surface area contributed by atoms with E-state index in [0.717, 1.165) is 11.1 Å². The number of Topliss-reactive ketones (excluding diaryl/α,β-unsaturated/α-hetero) is 1. The number of carbonyl (C=O) groups is 3. The molecule has 0 bridgehead atoms. The summed E-state index contributed by atoms with van der Waals surface area (Å²) in [4.78, 5) is 35.8. The molecule has 0 fully saturated rings. The first-order valence-electron chi connectivity index (χ1n) is 9.60. The van der Waals surface area contributed by atoms with Gasteiger partial charge in [0.15, 0.2) is 5.78 Å². The molecule has 0 aliphatic heterocycles. The Morgan fingerprint density at radius 1 is 0.767 bits per heavy atom. The van der Waals surface area contributed by atoms with E-state index in [-0.39, 0.29) is 18.1 Å². The van der Waals surface area contributed by atoms with Crippen molar-refractivity contribution >= 4 is 23.3 Å². The van der Waals surface area contributed by atoms with Gasteiger partial charge in [-0.1, -0.05) is 54.6 Å². The highest BCUT2D eigenvalue weighted by Crippen LogP contribution is 2.26. The van der Waals surface area contributed by atoms with Crippen LogP contribution in [0.25, 0.3) is 11.1 Å². The topological polar surface area (TPSA) is 83.5 Å². The van der Waals surface area contributed by atoms with Crippen molar-refractivity contribution in [2.45, 2.75) is 20.3 Å². The SMILES string of the molecule is CC(C)(CC(=O)c1ccc(-c2ccc(NC(=O)c3ccccc3)cc2)cc1)C(=O)O. The van der Waals surface area contributed by atoms with Crippen LogP contribution in [0.2, 0.25) is 0 Å². The van der Waals surface area contributed by atoms with Crippen molar-refractivity contribution in [3.8, 4) is 11.1 Å². The van der Waals surface area contributed by atoms with Crippen LogP contribution in [0.15, 0.2) is 78.9 Å². The Kier molecular flexibility index (Phi) is 6.11. The van der Waals surface area contributed by atoms with Crippen molar-refractivity contribution in [3.05, 3.63) is 90.0 Å². The lowest BCUT2D eigenvalue weighted by Gasteiger charge is -2.17. The Bertz CT molecular complexity index is 1050. The molecule has 5 heteroatoms. The van der Waals surface area contributed by atoms with Gasteiger partial charge in [-0.2, -0.15) is 0 Å². The Hall–Kier alpha value is -3.73. The minimum absolute atomic E-state index is 0.0580. The first-order valence-corrected chi connectivity index (χ1v) is 9.60. The van der Waals surface area contributed by atoms with Crippen LogP contribution >= 0.6 is 0 Å². The van der Waals surface area contributed by atoms with Gasteiger partial charge < -0.3 is 10.4 Å². The largest absolute Gasteiger partial charge is 0.481 e. The summed E-state index contributed by atoms with van der Waals surface area (Å²) in [6.07, 6.45) is -0.0580. The van der Waals surface area contributed by atoms with Crippen molar-refractivity contribution in [3.63, 3.8) is 0 Å². The molecule has 0 unspecified atom stereocenters. The Balaban J connectivity index is 1.67. The average molecular weight is 401 g/mol. The second-order valence-corrected chi connectivity index (χ2v) is 7.76. The smallest absolute Gasteiger partial charge is 0.309 e. The maximum atomic E-state index is 12.4. The summed E-state index contributed by atoms with van der Waals surface area (Å²) in [5.74, 6) is -1.37. The molecule has 152 valence electrons. The fourth-order valence-electron chi connectivity index (χ4n) is 2.97. The summed E-state index contributed by atoms with van der Waals surface area (Å²) in [6.45, 7) is 3.08. The van der Waals surface area contributed by atoms with Crippen LogP contribution in [-0.2, 0) is 4.79 Å². The third-order valence-corrected chi connectivity index (χ3v) is 4.90. The summed E-state index contributed by atoms with van der Waals surface area (Å²) in [7, 11) is 0. The average Bonchev–Trinajstić information content (AvgIpc) is 2.74. The van der Waals surface area contributed by atoms with Crippen LogP contribution in [0.4, 0.5) is 5.69 Å². The molecule has 3 rings (SSSR count). The molecule has 0 heterocycles. The second-order valence-electron chi connectivity index (χ2n) is 7.76. The van der Waals surface area contributed by atoms with E-state index in [4.69, 9.17) is 0 Å². The zero-order valence-electron chi connectivity index (χ0n) is 16.9. The van der Waals surface area contributed by atoms with Crippen molar-refractivity contribution in [1.82, 2.24) is 0 Å². The van der Waals surface area contributed by atoms with Gasteiger partial charge in [-0.25, -0.2) is 0 Å². The third kappa shape index (κ3) is 5.00. The number of amides is 1. The van der Waals surface area contributed by atoms with E-state index in [1.165, 1.54) is 0 Å². The van der Waals surface area contributed by atoms with Gasteiger partial charge in [0.2, 0.25) is 0 Å². The Morgan fingerprint density at radius 2 is 1.30 bits per heavy atom. The monoisotopic (exact) mass is 401 g/mol. The van der Waals surface area contributed by atoms with E-state index in [2.05, 4.69) is 5.32 Å². The Labute approximate surface area is 175 Å².